The molecule has 1 unspecified atom stereocenters. The lowest BCUT2D eigenvalue weighted by molar-refractivity contribution is 0.414. The van der Waals surface area contributed by atoms with Crippen molar-refractivity contribution in [3.63, 3.8) is 0 Å². The van der Waals surface area contributed by atoms with E-state index in [0.29, 0.717) is 6.04 Å². The molecule has 0 saturated carbocycles. The number of fused-ring (bicyclic) bond motifs is 1. The molecular formula is C17H18INO. The van der Waals surface area contributed by atoms with Crippen LogP contribution in [0.3, 0.4) is 0 Å². The van der Waals surface area contributed by atoms with E-state index in [9.17, 15) is 0 Å². The van der Waals surface area contributed by atoms with E-state index in [2.05, 4.69) is 71.2 Å². The summed E-state index contributed by atoms with van der Waals surface area (Å²) in [5.74, 6) is 0.941. The molecule has 3 heteroatoms. The van der Waals surface area contributed by atoms with Crippen LogP contribution in [-0.2, 0) is 6.42 Å². The van der Waals surface area contributed by atoms with Crippen LogP contribution in [0.25, 0.3) is 0 Å². The molecule has 1 aliphatic rings. The molecule has 0 fully saturated rings. The van der Waals surface area contributed by atoms with Gasteiger partial charge in [0.2, 0.25) is 0 Å². The van der Waals surface area contributed by atoms with Crippen LogP contribution < -0.4 is 10.1 Å². The largest absolute Gasteiger partial charge is 0.497 e. The van der Waals surface area contributed by atoms with Gasteiger partial charge in [-0.3, -0.25) is 0 Å². The van der Waals surface area contributed by atoms with Crippen LogP contribution in [0.2, 0.25) is 0 Å². The van der Waals surface area contributed by atoms with Gasteiger partial charge in [0, 0.05) is 9.26 Å². The maximum Gasteiger partial charge on any atom is 0.119 e. The Morgan fingerprint density at radius 3 is 2.80 bits per heavy atom. The van der Waals surface area contributed by atoms with E-state index in [1.54, 1.807) is 7.11 Å². The SMILES string of the molecule is COc1ccc2c(c1)C(Nc1ccc(C)c(I)c1)CC2. The third-order valence-electron chi connectivity index (χ3n) is 3.94. The molecule has 3 rings (SSSR count). The molecule has 0 aliphatic heterocycles. The van der Waals surface area contributed by atoms with E-state index in [-0.39, 0.29) is 0 Å². The van der Waals surface area contributed by atoms with Crippen LogP contribution >= 0.6 is 22.6 Å². The summed E-state index contributed by atoms with van der Waals surface area (Å²) < 4.78 is 6.65. The van der Waals surface area contributed by atoms with Gasteiger partial charge in [0.05, 0.1) is 13.2 Å². The number of rotatable bonds is 3. The zero-order valence-electron chi connectivity index (χ0n) is 11.7. The number of ether oxygens (including phenoxy) is 1. The molecule has 2 aromatic rings. The van der Waals surface area contributed by atoms with Crippen molar-refractivity contribution in [2.75, 3.05) is 12.4 Å². The number of benzene rings is 2. The lowest BCUT2D eigenvalue weighted by Gasteiger charge is -2.17. The minimum atomic E-state index is 0.388. The second kappa shape index (κ2) is 5.64. The summed E-state index contributed by atoms with van der Waals surface area (Å²) in [5, 5.41) is 3.66. The average molecular weight is 379 g/mol. The molecule has 0 bridgehead atoms. The number of hydrogen-bond acceptors (Lipinski definition) is 2. The normalized spacial score (nSPS) is 16.9. The smallest absolute Gasteiger partial charge is 0.119 e. The molecule has 1 aliphatic carbocycles. The zero-order valence-corrected chi connectivity index (χ0v) is 13.9. The molecule has 2 nitrogen and oxygen atoms in total. The summed E-state index contributed by atoms with van der Waals surface area (Å²) in [6, 6.07) is 13.3. The van der Waals surface area contributed by atoms with Crippen LogP contribution in [0, 0.1) is 10.5 Å². The van der Waals surface area contributed by atoms with E-state index in [1.165, 1.54) is 25.9 Å². The minimum Gasteiger partial charge on any atom is -0.497 e. The third-order valence-corrected chi connectivity index (χ3v) is 5.11. The first kappa shape index (κ1) is 13.7. The quantitative estimate of drug-likeness (QED) is 0.781. The van der Waals surface area contributed by atoms with Crippen LogP contribution in [0.5, 0.6) is 5.75 Å². The van der Waals surface area contributed by atoms with Gasteiger partial charge in [0.25, 0.3) is 0 Å². The van der Waals surface area contributed by atoms with E-state index >= 15 is 0 Å². The minimum absolute atomic E-state index is 0.388. The van der Waals surface area contributed by atoms with E-state index < -0.39 is 0 Å². The van der Waals surface area contributed by atoms with Crippen LogP contribution in [0.4, 0.5) is 5.69 Å². The van der Waals surface area contributed by atoms with Crippen LogP contribution in [-0.4, -0.2) is 7.11 Å². The highest BCUT2D eigenvalue weighted by Gasteiger charge is 2.22. The number of hydrogen-bond donors (Lipinski definition) is 1. The maximum absolute atomic E-state index is 5.34. The van der Waals surface area contributed by atoms with Crippen molar-refractivity contribution in [3.8, 4) is 5.75 Å². The van der Waals surface area contributed by atoms with Crippen molar-refractivity contribution in [1.82, 2.24) is 0 Å². The predicted molar refractivity (Wildman–Crippen MR) is 91.6 cm³/mol. The summed E-state index contributed by atoms with van der Waals surface area (Å²) >= 11 is 2.39. The number of halogens is 1. The summed E-state index contributed by atoms with van der Waals surface area (Å²) in [6.45, 7) is 2.14. The molecule has 0 amide bonds. The first-order valence-electron chi connectivity index (χ1n) is 6.87. The summed E-state index contributed by atoms with van der Waals surface area (Å²) in [6.07, 6.45) is 2.28. The van der Waals surface area contributed by atoms with Gasteiger partial charge < -0.3 is 10.1 Å². The molecule has 20 heavy (non-hydrogen) atoms. The molecule has 104 valence electrons. The van der Waals surface area contributed by atoms with Crippen LogP contribution in [0.15, 0.2) is 36.4 Å². The van der Waals surface area contributed by atoms with Gasteiger partial charge in [-0.2, -0.15) is 0 Å². The first-order valence-corrected chi connectivity index (χ1v) is 7.95. The standard InChI is InChI=1S/C17H18INO/c1-11-3-6-13(9-16(11)18)19-17-8-5-12-4-7-14(20-2)10-15(12)17/h3-4,6-7,9-10,17,19H,5,8H2,1-2H3. The van der Waals surface area contributed by atoms with E-state index in [1.807, 2.05) is 0 Å². The Balaban J connectivity index is 1.85. The summed E-state index contributed by atoms with van der Waals surface area (Å²) in [4.78, 5) is 0. The van der Waals surface area contributed by atoms with Crippen LogP contribution in [0.1, 0.15) is 29.2 Å². The predicted octanol–water partition coefficient (Wildman–Crippen LogP) is 4.71. The molecule has 0 saturated heterocycles. The fourth-order valence-corrected chi connectivity index (χ4v) is 3.26. The maximum atomic E-state index is 5.34. The van der Waals surface area contributed by atoms with Gasteiger partial charge in [-0.05, 0) is 83.3 Å². The highest BCUT2D eigenvalue weighted by Crippen LogP contribution is 2.36. The Morgan fingerprint density at radius 2 is 2.05 bits per heavy atom. The highest BCUT2D eigenvalue weighted by atomic mass is 127. The van der Waals surface area contributed by atoms with E-state index in [0.717, 1.165) is 18.6 Å². The van der Waals surface area contributed by atoms with E-state index in [4.69, 9.17) is 4.74 Å². The second-order valence-corrected chi connectivity index (χ2v) is 6.43. The van der Waals surface area contributed by atoms with Gasteiger partial charge in [-0.25, -0.2) is 0 Å². The fraction of sp³-hybridized carbons (Fsp3) is 0.294. The van der Waals surface area contributed by atoms with Gasteiger partial charge in [0.15, 0.2) is 0 Å². The van der Waals surface area contributed by atoms with Gasteiger partial charge in [-0.15, -0.1) is 0 Å². The Hall–Kier alpha value is -1.23. The van der Waals surface area contributed by atoms with Crippen molar-refractivity contribution in [3.05, 3.63) is 56.7 Å². The molecule has 2 aromatic carbocycles. The average Bonchev–Trinajstić information content (AvgIpc) is 2.85. The van der Waals surface area contributed by atoms with Crippen molar-refractivity contribution >= 4 is 28.3 Å². The molecular weight excluding hydrogens is 361 g/mol. The Bertz CT molecular complexity index is 639. The monoisotopic (exact) mass is 379 g/mol. The van der Waals surface area contributed by atoms with Gasteiger partial charge >= 0.3 is 0 Å². The van der Waals surface area contributed by atoms with Gasteiger partial charge in [0.1, 0.15) is 5.75 Å². The van der Waals surface area contributed by atoms with Crippen molar-refractivity contribution in [2.24, 2.45) is 0 Å². The molecule has 1 N–H and O–H groups in total. The molecule has 0 radical (unpaired) electrons. The Kier molecular flexibility index (Phi) is 3.87. The topological polar surface area (TPSA) is 21.3 Å². The lowest BCUT2D eigenvalue weighted by atomic mass is 10.1. The summed E-state index contributed by atoms with van der Waals surface area (Å²) in [5.41, 5.74) is 5.33. The first-order chi connectivity index (χ1) is 9.67. The number of anilines is 1. The van der Waals surface area contributed by atoms with Gasteiger partial charge in [-0.1, -0.05) is 12.1 Å². The number of methoxy groups -OCH3 is 1. The number of nitrogens with one attached hydrogen (secondary N) is 1. The third kappa shape index (κ3) is 2.64. The molecule has 1 atom stereocenters. The zero-order chi connectivity index (χ0) is 14.1. The fourth-order valence-electron chi connectivity index (χ4n) is 2.74. The highest BCUT2D eigenvalue weighted by molar-refractivity contribution is 14.1. The Morgan fingerprint density at radius 1 is 1.20 bits per heavy atom. The second-order valence-electron chi connectivity index (χ2n) is 5.26. The Labute approximate surface area is 133 Å². The van der Waals surface area contributed by atoms with Crippen molar-refractivity contribution < 1.29 is 4.74 Å². The van der Waals surface area contributed by atoms with Crippen molar-refractivity contribution in [1.29, 1.82) is 0 Å². The lowest BCUT2D eigenvalue weighted by Crippen LogP contribution is -2.07. The molecule has 0 spiro atoms. The van der Waals surface area contributed by atoms with Crippen molar-refractivity contribution in [2.45, 2.75) is 25.8 Å². The molecule has 0 aromatic heterocycles. The summed E-state index contributed by atoms with van der Waals surface area (Å²) in [7, 11) is 1.72. The molecule has 0 heterocycles. The number of aryl methyl sites for hydroxylation is 2.